The Kier molecular flexibility index (Phi) is 4.52. The number of hydrogen-bond donors (Lipinski definition) is 0. The van der Waals surface area contributed by atoms with Gasteiger partial charge < -0.3 is 0 Å². The van der Waals surface area contributed by atoms with Crippen LogP contribution in [0.1, 0.15) is 48.5 Å². The van der Waals surface area contributed by atoms with Gasteiger partial charge in [0, 0.05) is 5.56 Å². The van der Waals surface area contributed by atoms with Crippen molar-refractivity contribution in [1.82, 2.24) is 0 Å². The number of fused-ring (bicyclic) bond motifs is 1. The number of carbonyl (C=O) groups is 1. The molecule has 2 aromatic rings. The molecule has 0 atom stereocenters. The van der Waals surface area contributed by atoms with E-state index in [1.54, 1.807) is 0 Å². The van der Waals surface area contributed by atoms with Crippen LogP contribution in [-0.4, -0.2) is 6.29 Å². The number of hydrogen-bond acceptors (Lipinski definition) is 1. The van der Waals surface area contributed by atoms with Crippen molar-refractivity contribution >= 4 is 17.1 Å². The molecule has 0 N–H and O–H groups in total. The fourth-order valence-corrected chi connectivity index (χ4v) is 2.37. The highest BCUT2D eigenvalue weighted by Crippen LogP contribution is 2.21. The first-order valence-corrected chi connectivity index (χ1v) is 6.82. The zero-order valence-corrected chi connectivity index (χ0v) is 11.0. The Morgan fingerprint density at radius 3 is 2.39 bits per heavy atom. The predicted octanol–water partition coefficient (Wildman–Crippen LogP) is 4.78. The maximum Gasteiger partial charge on any atom is 0.150 e. The highest BCUT2D eigenvalue weighted by atomic mass is 16.1. The van der Waals surface area contributed by atoms with E-state index in [0.29, 0.717) is 0 Å². The minimum atomic E-state index is 0.852. The van der Waals surface area contributed by atoms with Crippen LogP contribution in [0.4, 0.5) is 0 Å². The van der Waals surface area contributed by atoms with Crippen LogP contribution in [0.3, 0.4) is 0 Å². The van der Waals surface area contributed by atoms with E-state index in [9.17, 15) is 4.79 Å². The van der Waals surface area contributed by atoms with E-state index < -0.39 is 0 Å². The fraction of sp³-hybridized carbons (Fsp3) is 0.353. The summed E-state index contributed by atoms with van der Waals surface area (Å²) in [6.45, 7) is 2.22. The molecule has 1 nitrogen and oxygen atoms in total. The molecule has 0 saturated carbocycles. The van der Waals surface area contributed by atoms with Gasteiger partial charge in [0.25, 0.3) is 0 Å². The highest BCUT2D eigenvalue weighted by molar-refractivity contribution is 5.90. The largest absolute Gasteiger partial charge is 0.298 e. The van der Waals surface area contributed by atoms with Gasteiger partial charge in [-0.2, -0.15) is 0 Å². The number of rotatable bonds is 6. The van der Waals surface area contributed by atoms with E-state index in [2.05, 4.69) is 25.1 Å². The van der Waals surface area contributed by atoms with E-state index in [0.717, 1.165) is 23.7 Å². The quantitative estimate of drug-likeness (QED) is 0.525. The monoisotopic (exact) mass is 240 g/mol. The molecule has 0 saturated heterocycles. The Morgan fingerprint density at radius 1 is 1.00 bits per heavy atom. The fourth-order valence-electron chi connectivity index (χ4n) is 2.37. The van der Waals surface area contributed by atoms with Crippen molar-refractivity contribution in [3.05, 3.63) is 47.5 Å². The van der Waals surface area contributed by atoms with Crippen molar-refractivity contribution in [1.29, 1.82) is 0 Å². The van der Waals surface area contributed by atoms with E-state index in [4.69, 9.17) is 0 Å². The van der Waals surface area contributed by atoms with Crippen molar-refractivity contribution in [2.75, 3.05) is 0 Å². The summed E-state index contributed by atoms with van der Waals surface area (Å²) in [4.78, 5) is 11.2. The van der Waals surface area contributed by atoms with Gasteiger partial charge in [-0.15, -0.1) is 0 Å². The summed E-state index contributed by atoms with van der Waals surface area (Å²) in [6, 6.07) is 12.4. The zero-order chi connectivity index (χ0) is 12.8. The Hall–Kier alpha value is -1.63. The lowest BCUT2D eigenvalue weighted by Crippen LogP contribution is -1.94. The summed E-state index contributed by atoms with van der Waals surface area (Å²) in [5.74, 6) is 0. The third-order valence-electron chi connectivity index (χ3n) is 3.43. The maximum atomic E-state index is 11.2. The minimum Gasteiger partial charge on any atom is -0.298 e. The number of aldehydes is 1. The molecule has 94 valence electrons. The lowest BCUT2D eigenvalue weighted by atomic mass is 9.97. The Labute approximate surface area is 109 Å². The summed E-state index contributed by atoms with van der Waals surface area (Å²) in [5.41, 5.74) is 2.05. The van der Waals surface area contributed by atoms with Gasteiger partial charge in [-0.25, -0.2) is 0 Å². The van der Waals surface area contributed by atoms with E-state index >= 15 is 0 Å². The molecular weight excluding hydrogens is 220 g/mol. The average Bonchev–Trinajstić information content (AvgIpc) is 2.42. The molecule has 0 aromatic heterocycles. The van der Waals surface area contributed by atoms with Crippen LogP contribution in [0.5, 0.6) is 0 Å². The summed E-state index contributed by atoms with van der Waals surface area (Å²) >= 11 is 0. The molecule has 0 unspecified atom stereocenters. The van der Waals surface area contributed by atoms with Gasteiger partial charge in [0.15, 0.2) is 0 Å². The molecule has 0 bridgehead atoms. The SMILES string of the molecule is CCCCCCc1cc2ccccc2cc1C=O. The summed E-state index contributed by atoms with van der Waals surface area (Å²) in [7, 11) is 0. The first-order valence-electron chi connectivity index (χ1n) is 6.82. The molecule has 0 fully saturated rings. The van der Waals surface area contributed by atoms with Gasteiger partial charge in [-0.1, -0.05) is 56.5 Å². The summed E-state index contributed by atoms with van der Waals surface area (Å²) in [6.07, 6.45) is 6.96. The normalized spacial score (nSPS) is 10.7. The van der Waals surface area contributed by atoms with Crippen molar-refractivity contribution in [3.8, 4) is 0 Å². The first-order chi connectivity index (χ1) is 8.85. The van der Waals surface area contributed by atoms with Crippen LogP contribution < -0.4 is 0 Å². The van der Waals surface area contributed by atoms with E-state index in [-0.39, 0.29) is 0 Å². The number of carbonyl (C=O) groups excluding carboxylic acids is 1. The number of unbranched alkanes of at least 4 members (excludes halogenated alkanes) is 3. The lowest BCUT2D eigenvalue weighted by molar-refractivity contribution is 0.112. The molecule has 0 radical (unpaired) electrons. The zero-order valence-electron chi connectivity index (χ0n) is 11.0. The molecule has 1 heteroatoms. The van der Waals surface area contributed by atoms with Crippen LogP contribution in [0, 0.1) is 0 Å². The molecule has 0 aliphatic heterocycles. The Balaban J connectivity index is 2.22. The second-order valence-corrected chi connectivity index (χ2v) is 4.83. The van der Waals surface area contributed by atoms with Gasteiger partial charge in [0.05, 0.1) is 0 Å². The maximum absolute atomic E-state index is 11.2. The van der Waals surface area contributed by atoms with Crippen LogP contribution in [-0.2, 0) is 6.42 Å². The van der Waals surface area contributed by atoms with Crippen LogP contribution in [0.2, 0.25) is 0 Å². The molecule has 2 rings (SSSR count). The van der Waals surface area contributed by atoms with E-state index in [1.165, 1.54) is 36.6 Å². The third-order valence-corrected chi connectivity index (χ3v) is 3.43. The average molecular weight is 240 g/mol. The van der Waals surface area contributed by atoms with Crippen LogP contribution in [0.25, 0.3) is 10.8 Å². The Morgan fingerprint density at radius 2 is 1.72 bits per heavy atom. The first kappa shape index (κ1) is 12.8. The topological polar surface area (TPSA) is 17.1 Å². The second kappa shape index (κ2) is 6.34. The minimum absolute atomic E-state index is 0.852. The van der Waals surface area contributed by atoms with Gasteiger partial charge in [0.1, 0.15) is 6.29 Å². The summed E-state index contributed by atoms with van der Waals surface area (Å²) in [5, 5.41) is 2.38. The molecule has 18 heavy (non-hydrogen) atoms. The molecule has 0 aliphatic rings. The molecule has 0 aliphatic carbocycles. The molecule has 0 heterocycles. The predicted molar refractivity (Wildman–Crippen MR) is 77.2 cm³/mol. The third kappa shape index (κ3) is 2.98. The smallest absolute Gasteiger partial charge is 0.150 e. The van der Waals surface area contributed by atoms with Crippen molar-refractivity contribution in [2.24, 2.45) is 0 Å². The van der Waals surface area contributed by atoms with Crippen molar-refractivity contribution in [3.63, 3.8) is 0 Å². The van der Waals surface area contributed by atoms with E-state index in [1.807, 2.05) is 18.2 Å². The molecule has 0 spiro atoms. The van der Waals surface area contributed by atoms with Crippen molar-refractivity contribution < 1.29 is 4.79 Å². The highest BCUT2D eigenvalue weighted by Gasteiger charge is 2.04. The number of aryl methyl sites for hydroxylation is 1. The van der Waals surface area contributed by atoms with Gasteiger partial charge >= 0.3 is 0 Å². The lowest BCUT2D eigenvalue weighted by Gasteiger charge is -2.07. The van der Waals surface area contributed by atoms with Crippen molar-refractivity contribution in [2.45, 2.75) is 39.0 Å². The molecular formula is C17H20O. The van der Waals surface area contributed by atoms with Gasteiger partial charge in [-0.3, -0.25) is 4.79 Å². The van der Waals surface area contributed by atoms with Gasteiger partial charge in [0.2, 0.25) is 0 Å². The van der Waals surface area contributed by atoms with Crippen LogP contribution >= 0.6 is 0 Å². The molecule has 0 amide bonds. The Bertz CT molecular complexity index is 528. The standard InChI is InChI=1S/C17H20O/c1-2-3-4-5-8-16-11-14-9-6-7-10-15(14)12-17(16)13-18/h6-7,9-13H,2-5,8H2,1H3. The summed E-state index contributed by atoms with van der Waals surface area (Å²) < 4.78 is 0. The number of benzene rings is 2. The van der Waals surface area contributed by atoms with Crippen LogP contribution in [0.15, 0.2) is 36.4 Å². The second-order valence-electron chi connectivity index (χ2n) is 4.83. The van der Waals surface area contributed by atoms with Gasteiger partial charge in [-0.05, 0) is 35.2 Å². The molecule has 2 aromatic carbocycles.